The van der Waals surface area contributed by atoms with E-state index in [9.17, 15) is 4.79 Å². The lowest BCUT2D eigenvalue weighted by Crippen LogP contribution is -2.36. The Hall–Kier alpha value is -1.39. The Morgan fingerprint density at radius 3 is 2.76 bits per heavy atom. The van der Waals surface area contributed by atoms with Crippen molar-refractivity contribution in [2.45, 2.75) is 44.8 Å². The highest BCUT2D eigenvalue weighted by molar-refractivity contribution is 5.87. The van der Waals surface area contributed by atoms with Gasteiger partial charge in [-0.3, -0.25) is 9.80 Å². The maximum atomic E-state index is 11.0. The molecule has 114 valence electrons. The number of nitrogens with zero attached hydrogens (tertiary/aromatic N) is 2. The molecule has 0 radical (unpaired) electrons. The first kappa shape index (κ1) is 14.5. The van der Waals surface area contributed by atoms with Crippen LogP contribution in [0.25, 0.3) is 0 Å². The summed E-state index contributed by atoms with van der Waals surface area (Å²) in [6, 6.07) is 6.94. The molecule has 1 N–H and O–H groups in total. The van der Waals surface area contributed by atoms with Gasteiger partial charge in [-0.2, -0.15) is 0 Å². The highest BCUT2D eigenvalue weighted by Crippen LogP contribution is 2.29. The number of aryl methyl sites for hydroxylation is 1. The van der Waals surface area contributed by atoms with E-state index < -0.39 is 5.97 Å². The lowest BCUT2D eigenvalue weighted by atomic mass is 10.0. The van der Waals surface area contributed by atoms with E-state index in [4.69, 9.17) is 5.11 Å². The quantitative estimate of drug-likeness (QED) is 0.927. The number of carboxylic acids is 1. The van der Waals surface area contributed by atoms with Gasteiger partial charge in [-0.05, 0) is 56.5 Å². The van der Waals surface area contributed by atoms with Crippen molar-refractivity contribution in [2.24, 2.45) is 0 Å². The van der Waals surface area contributed by atoms with E-state index >= 15 is 0 Å². The Bertz CT molecular complexity index is 544. The number of carboxylic acid groups (broad SMARTS) is 1. The fourth-order valence-corrected chi connectivity index (χ4v) is 3.77. The molecule has 0 spiro atoms. The Kier molecular flexibility index (Phi) is 4.00. The molecule has 0 aromatic heterocycles. The maximum absolute atomic E-state index is 11.0. The van der Waals surface area contributed by atoms with Gasteiger partial charge in [0.2, 0.25) is 0 Å². The molecule has 2 saturated heterocycles. The van der Waals surface area contributed by atoms with E-state index in [2.05, 4.69) is 16.8 Å². The molecule has 4 heteroatoms. The molecule has 0 aliphatic carbocycles. The van der Waals surface area contributed by atoms with Crippen LogP contribution in [0.5, 0.6) is 0 Å². The molecule has 2 fully saturated rings. The molecule has 21 heavy (non-hydrogen) atoms. The summed E-state index contributed by atoms with van der Waals surface area (Å²) < 4.78 is 0. The Balaban J connectivity index is 1.70. The van der Waals surface area contributed by atoms with Gasteiger partial charge in [0, 0.05) is 31.7 Å². The van der Waals surface area contributed by atoms with Gasteiger partial charge in [0.15, 0.2) is 0 Å². The summed E-state index contributed by atoms with van der Waals surface area (Å²) in [4.78, 5) is 16.1. The average Bonchev–Trinajstić information content (AvgIpc) is 2.68. The molecule has 2 unspecified atom stereocenters. The van der Waals surface area contributed by atoms with E-state index in [-0.39, 0.29) is 0 Å². The summed E-state index contributed by atoms with van der Waals surface area (Å²) in [5.41, 5.74) is 2.71. The zero-order valence-electron chi connectivity index (χ0n) is 12.9. The number of fused-ring (bicyclic) bond motifs is 2. The predicted molar refractivity (Wildman–Crippen MR) is 82.6 cm³/mol. The largest absolute Gasteiger partial charge is 0.478 e. The van der Waals surface area contributed by atoms with Crippen LogP contribution in [0.3, 0.4) is 0 Å². The topological polar surface area (TPSA) is 43.8 Å². The number of benzene rings is 1. The van der Waals surface area contributed by atoms with E-state index in [1.54, 1.807) is 12.1 Å². The number of likely N-dealkylation sites (N-methyl/N-ethyl adjacent to an activating group) is 1. The number of hydrogen-bond acceptors (Lipinski definition) is 3. The van der Waals surface area contributed by atoms with Crippen LogP contribution >= 0.6 is 0 Å². The summed E-state index contributed by atoms with van der Waals surface area (Å²) >= 11 is 0. The van der Waals surface area contributed by atoms with E-state index in [1.807, 2.05) is 13.0 Å². The molecule has 2 heterocycles. The SMILES string of the molecule is Cc1cc(C(=O)O)ccc1CN1CCC2CCC(C1)N2C. The number of carbonyl (C=O) groups is 1. The van der Waals surface area contributed by atoms with Gasteiger partial charge in [0.25, 0.3) is 0 Å². The third kappa shape index (κ3) is 2.97. The molecule has 2 atom stereocenters. The van der Waals surface area contributed by atoms with Crippen molar-refractivity contribution < 1.29 is 9.90 Å². The summed E-state index contributed by atoms with van der Waals surface area (Å²) in [5, 5.41) is 9.04. The highest BCUT2D eigenvalue weighted by Gasteiger charge is 2.34. The lowest BCUT2D eigenvalue weighted by Gasteiger charge is -2.26. The predicted octanol–water partition coefficient (Wildman–Crippen LogP) is 2.36. The van der Waals surface area contributed by atoms with E-state index in [0.29, 0.717) is 11.6 Å². The third-order valence-corrected chi connectivity index (χ3v) is 5.22. The molecule has 1 aromatic carbocycles. The summed E-state index contributed by atoms with van der Waals surface area (Å²) in [5.74, 6) is -0.849. The summed E-state index contributed by atoms with van der Waals surface area (Å²) in [6.45, 7) is 5.22. The van der Waals surface area contributed by atoms with Crippen LogP contribution < -0.4 is 0 Å². The molecule has 3 rings (SSSR count). The monoisotopic (exact) mass is 288 g/mol. The van der Waals surface area contributed by atoms with E-state index in [1.165, 1.54) is 24.8 Å². The molecule has 0 amide bonds. The number of aromatic carboxylic acids is 1. The molecule has 4 nitrogen and oxygen atoms in total. The van der Waals surface area contributed by atoms with Crippen LogP contribution in [0.1, 0.15) is 40.7 Å². The fourth-order valence-electron chi connectivity index (χ4n) is 3.77. The molecule has 2 aliphatic rings. The van der Waals surface area contributed by atoms with Crippen molar-refractivity contribution >= 4 is 5.97 Å². The Morgan fingerprint density at radius 1 is 1.29 bits per heavy atom. The first-order chi connectivity index (χ1) is 10.0. The minimum Gasteiger partial charge on any atom is -0.478 e. The molecule has 2 bridgehead atoms. The number of hydrogen-bond donors (Lipinski definition) is 1. The smallest absolute Gasteiger partial charge is 0.335 e. The molecule has 0 saturated carbocycles. The third-order valence-electron chi connectivity index (χ3n) is 5.22. The number of rotatable bonds is 3. The Labute approximate surface area is 126 Å². The van der Waals surface area contributed by atoms with Crippen molar-refractivity contribution in [1.29, 1.82) is 0 Å². The van der Waals surface area contributed by atoms with Crippen molar-refractivity contribution in [3.63, 3.8) is 0 Å². The van der Waals surface area contributed by atoms with Crippen LogP contribution in [0.15, 0.2) is 18.2 Å². The summed E-state index contributed by atoms with van der Waals surface area (Å²) in [7, 11) is 2.26. The van der Waals surface area contributed by atoms with Crippen LogP contribution in [0, 0.1) is 6.92 Å². The van der Waals surface area contributed by atoms with Crippen molar-refractivity contribution in [1.82, 2.24) is 9.80 Å². The van der Waals surface area contributed by atoms with Crippen molar-refractivity contribution in [3.8, 4) is 0 Å². The van der Waals surface area contributed by atoms with Crippen LogP contribution in [-0.4, -0.2) is 53.1 Å². The minimum atomic E-state index is -0.849. The van der Waals surface area contributed by atoms with E-state index in [0.717, 1.165) is 31.2 Å². The molecular weight excluding hydrogens is 264 g/mol. The van der Waals surface area contributed by atoms with Crippen LogP contribution in [0.4, 0.5) is 0 Å². The maximum Gasteiger partial charge on any atom is 0.335 e. The van der Waals surface area contributed by atoms with Gasteiger partial charge in [0.05, 0.1) is 5.56 Å². The van der Waals surface area contributed by atoms with Gasteiger partial charge in [-0.25, -0.2) is 4.79 Å². The minimum absolute atomic E-state index is 0.380. The Morgan fingerprint density at radius 2 is 2.05 bits per heavy atom. The second-order valence-electron chi connectivity index (χ2n) is 6.52. The van der Waals surface area contributed by atoms with Gasteiger partial charge in [-0.15, -0.1) is 0 Å². The second-order valence-corrected chi connectivity index (χ2v) is 6.52. The highest BCUT2D eigenvalue weighted by atomic mass is 16.4. The molecule has 2 aliphatic heterocycles. The van der Waals surface area contributed by atoms with Gasteiger partial charge in [-0.1, -0.05) is 6.07 Å². The standard InChI is InChI=1S/C17H24N2O2/c1-12-9-13(17(20)21)3-4-14(12)10-19-8-7-15-5-6-16(11-19)18(15)2/h3-4,9,15-16H,5-8,10-11H2,1-2H3,(H,20,21). The van der Waals surface area contributed by atoms with Crippen LogP contribution in [-0.2, 0) is 6.54 Å². The zero-order valence-corrected chi connectivity index (χ0v) is 12.9. The first-order valence-corrected chi connectivity index (χ1v) is 7.81. The second kappa shape index (κ2) is 5.78. The summed E-state index contributed by atoms with van der Waals surface area (Å²) in [6.07, 6.45) is 3.91. The van der Waals surface area contributed by atoms with Gasteiger partial charge >= 0.3 is 5.97 Å². The van der Waals surface area contributed by atoms with Crippen LogP contribution in [0.2, 0.25) is 0 Å². The van der Waals surface area contributed by atoms with Gasteiger partial charge in [0.1, 0.15) is 0 Å². The first-order valence-electron chi connectivity index (χ1n) is 7.81. The molecule has 1 aromatic rings. The average molecular weight is 288 g/mol. The van der Waals surface area contributed by atoms with Gasteiger partial charge < -0.3 is 5.11 Å². The fraction of sp³-hybridized carbons (Fsp3) is 0.588. The zero-order chi connectivity index (χ0) is 15.0. The van der Waals surface area contributed by atoms with Crippen molar-refractivity contribution in [3.05, 3.63) is 34.9 Å². The lowest BCUT2D eigenvalue weighted by molar-refractivity contribution is 0.0696. The van der Waals surface area contributed by atoms with Crippen molar-refractivity contribution in [2.75, 3.05) is 20.1 Å². The number of likely N-dealkylation sites (tertiary alicyclic amines) is 1. The molecular formula is C17H24N2O2. The normalized spacial score (nSPS) is 26.8.